The summed E-state index contributed by atoms with van der Waals surface area (Å²) < 4.78 is 10.5. The molecule has 0 aliphatic rings. The first-order chi connectivity index (χ1) is 9.24. The molecule has 0 radical (unpaired) electrons. The molecule has 2 heteroatoms. The largest absolute Gasteiger partial charge is 0.504 e. The Hall–Kier alpha value is -2.22. The van der Waals surface area contributed by atoms with Gasteiger partial charge in [0.1, 0.15) is 5.75 Å². The van der Waals surface area contributed by atoms with Gasteiger partial charge in [0.2, 0.25) is 0 Å². The molecule has 2 aromatic carbocycles. The van der Waals surface area contributed by atoms with E-state index in [2.05, 4.69) is 18.2 Å². The van der Waals surface area contributed by atoms with Gasteiger partial charge in [0.15, 0.2) is 0 Å². The molecule has 0 bridgehead atoms. The van der Waals surface area contributed by atoms with Crippen molar-refractivity contribution in [2.45, 2.75) is 6.92 Å². The lowest BCUT2D eigenvalue weighted by molar-refractivity contribution is 0.339. The van der Waals surface area contributed by atoms with Crippen LogP contribution < -0.4 is 4.74 Å². The van der Waals surface area contributed by atoms with Crippen LogP contribution in [0.25, 0.3) is 16.7 Å². The van der Waals surface area contributed by atoms with Crippen molar-refractivity contribution >= 4 is 5.57 Å². The van der Waals surface area contributed by atoms with Crippen molar-refractivity contribution < 1.29 is 9.47 Å². The van der Waals surface area contributed by atoms with Crippen LogP contribution in [0.5, 0.6) is 5.75 Å². The second kappa shape index (κ2) is 6.10. The van der Waals surface area contributed by atoms with Crippen LogP contribution in [-0.4, -0.2) is 14.2 Å². The standard InChI is InChI=1S/C17H18O2/c1-13(12-18-2)15-9-16(11-17(10-15)19-3)14-7-5-4-6-8-14/h4-12H,1-3H3/b13-12+. The highest BCUT2D eigenvalue weighted by molar-refractivity contribution is 5.73. The summed E-state index contributed by atoms with van der Waals surface area (Å²) in [4.78, 5) is 0. The first-order valence-corrected chi connectivity index (χ1v) is 6.19. The van der Waals surface area contributed by atoms with Crippen molar-refractivity contribution in [2.24, 2.45) is 0 Å². The van der Waals surface area contributed by atoms with Gasteiger partial charge in [0.25, 0.3) is 0 Å². The van der Waals surface area contributed by atoms with Crippen LogP contribution in [0.3, 0.4) is 0 Å². The lowest BCUT2D eigenvalue weighted by Crippen LogP contribution is -1.89. The first-order valence-electron chi connectivity index (χ1n) is 6.19. The summed E-state index contributed by atoms with van der Waals surface area (Å²) in [7, 11) is 3.34. The molecular formula is C17H18O2. The molecule has 2 aromatic rings. The van der Waals surface area contributed by atoms with Crippen LogP contribution in [0.2, 0.25) is 0 Å². The summed E-state index contributed by atoms with van der Waals surface area (Å²) in [5.74, 6) is 0.847. The molecule has 2 rings (SSSR count). The van der Waals surface area contributed by atoms with Gasteiger partial charge in [-0.2, -0.15) is 0 Å². The van der Waals surface area contributed by atoms with Crippen LogP contribution in [0, 0.1) is 0 Å². The fourth-order valence-electron chi connectivity index (χ4n) is 1.99. The van der Waals surface area contributed by atoms with Gasteiger partial charge in [-0.3, -0.25) is 0 Å². The van der Waals surface area contributed by atoms with E-state index in [4.69, 9.17) is 9.47 Å². The highest BCUT2D eigenvalue weighted by atomic mass is 16.5. The van der Waals surface area contributed by atoms with Crippen molar-refractivity contribution in [3.05, 3.63) is 60.4 Å². The third-order valence-corrected chi connectivity index (χ3v) is 3.00. The fourth-order valence-corrected chi connectivity index (χ4v) is 1.99. The zero-order chi connectivity index (χ0) is 13.7. The second-order valence-electron chi connectivity index (χ2n) is 4.35. The summed E-state index contributed by atoms with van der Waals surface area (Å²) in [5, 5.41) is 0. The smallest absolute Gasteiger partial charge is 0.120 e. The second-order valence-corrected chi connectivity index (χ2v) is 4.35. The molecular weight excluding hydrogens is 236 g/mol. The number of benzene rings is 2. The van der Waals surface area contributed by atoms with Crippen molar-refractivity contribution in [1.82, 2.24) is 0 Å². The summed E-state index contributed by atoms with van der Waals surface area (Å²) in [6.07, 6.45) is 1.74. The Balaban J connectivity index is 2.51. The SMILES string of the molecule is CO/C=C(\C)c1cc(OC)cc(-c2ccccc2)c1. The average Bonchev–Trinajstić information content (AvgIpc) is 2.48. The van der Waals surface area contributed by atoms with E-state index >= 15 is 0 Å². The molecule has 0 amide bonds. The number of ether oxygens (including phenoxy) is 2. The molecule has 2 nitrogen and oxygen atoms in total. The molecule has 0 aliphatic heterocycles. The first kappa shape index (κ1) is 13.2. The van der Waals surface area contributed by atoms with E-state index in [1.54, 1.807) is 20.5 Å². The number of hydrogen-bond donors (Lipinski definition) is 0. The van der Waals surface area contributed by atoms with Gasteiger partial charge in [0.05, 0.1) is 20.5 Å². The molecule has 0 heterocycles. The van der Waals surface area contributed by atoms with Gasteiger partial charge in [-0.15, -0.1) is 0 Å². The molecule has 0 unspecified atom stereocenters. The van der Waals surface area contributed by atoms with Crippen LogP contribution >= 0.6 is 0 Å². The third kappa shape index (κ3) is 3.16. The highest BCUT2D eigenvalue weighted by Crippen LogP contribution is 2.29. The maximum Gasteiger partial charge on any atom is 0.120 e. The third-order valence-electron chi connectivity index (χ3n) is 3.00. The quantitative estimate of drug-likeness (QED) is 0.754. The Morgan fingerprint density at radius 1 is 0.947 bits per heavy atom. The Labute approximate surface area is 114 Å². The van der Waals surface area contributed by atoms with Crippen LogP contribution in [-0.2, 0) is 4.74 Å². The van der Waals surface area contributed by atoms with E-state index < -0.39 is 0 Å². The lowest BCUT2D eigenvalue weighted by atomic mass is 10.00. The highest BCUT2D eigenvalue weighted by Gasteiger charge is 2.05. The average molecular weight is 254 g/mol. The van der Waals surface area contributed by atoms with Gasteiger partial charge in [-0.05, 0) is 47.4 Å². The van der Waals surface area contributed by atoms with Crippen molar-refractivity contribution in [3.8, 4) is 16.9 Å². The van der Waals surface area contributed by atoms with Gasteiger partial charge in [0, 0.05) is 0 Å². The van der Waals surface area contributed by atoms with Crippen LogP contribution in [0.1, 0.15) is 12.5 Å². The zero-order valence-corrected chi connectivity index (χ0v) is 11.5. The van der Waals surface area contributed by atoms with E-state index in [0.717, 1.165) is 22.4 Å². The maximum atomic E-state index is 5.38. The van der Waals surface area contributed by atoms with E-state index in [1.807, 2.05) is 37.3 Å². The Kier molecular flexibility index (Phi) is 4.24. The van der Waals surface area contributed by atoms with Crippen LogP contribution in [0.4, 0.5) is 0 Å². The molecule has 98 valence electrons. The molecule has 0 aliphatic carbocycles. The summed E-state index contributed by atoms with van der Waals surface area (Å²) in [6, 6.07) is 16.5. The topological polar surface area (TPSA) is 18.5 Å². The number of hydrogen-bond acceptors (Lipinski definition) is 2. The molecule has 0 atom stereocenters. The Morgan fingerprint density at radius 2 is 1.68 bits per heavy atom. The summed E-state index contributed by atoms with van der Waals surface area (Å²) in [5.41, 5.74) is 4.48. The van der Waals surface area contributed by atoms with E-state index in [1.165, 1.54) is 5.56 Å². The predicted octanol–water partition coefficient (Wildman–Crippen LogP) is 4.37. The Morgan fingerprint density at radius 3 is 2.32 bits per heavy atom. The normalized spacial score (nSPS) is 11.2. The Bertz CT molecular complexity index is 571. The van der Waals surface area contributed by atoms with Gasteiger partial charge < -0.3 is 9.47 Å². The monoisotopic (exact) mass is 254 g/mol. The maximum absolute atomic E-state index is 5.38. The predicted molar refractivity (Wildman–Crippen MR) is 79.1 cm³/mol. The van der Waals surface area contributed by atoms with E-state index in [0.29, 0.717) is 0 Å². The van der Waals surface area contributed by atoms with Crippen molar-refractivity contribution in [2.75, 3.05) is 14.2 Å². The van der Waals surface area contributed by atoms with Gasteiger partial charge >= 0.3 is 0 Å². The van der Waals surface area contributed by atoms with Gasteiger partial charge in [-0.1, -0.05) is 30.3 Å². The molecule has 0 aromatic heterocycles. The molecule has 19 heavy (non-hydrogen) atoms. The number of allylic oxidation sites excluding steroid dienone is 1. The number of methoxy groups -OCH3 is 2. The molecule has 0 saturated carbocycles. The van der Waals surface area contributed by atoms with Crippen molar-refractivity contribution in [3.63, 3.8) is 0 Å². The molecule has 0 spiro atoms. The lowest BCUT2D eigenvalue weighted by Gasteiger charge is -2.10. The molecule has 0 saturated heterocycles. The molecule has 0 N–H and O–H groups in total. The minimum Gasteiger partial charge on any atom is -0.504 e. The van der Waals surface area contributed by atoms with Crippen molar-refractivity contribution in [1.29, 1.82) is 0 Å². The fraction of sp³-hybridized carbons (Fsp3) is 0.176. The summed E-state index contributed by atoms with van der Waals surface area (Å²) in [6.45, 7) is 2.02. The number of rotatable bonds is 4. The minimum absolute atomic E-state index is 0.847. The van der Waals surface area contributed by atoms with Crippen LogP contribution in [0.15, 0.2) is 54.8 Å². The zero-order valence-electron chi connectivity index (χ0n) is 11.5. The van der Waals surface area contributed by atoms with E-state index in [-0.39, 0.29) is 0 Å². The van der Waals surface area contributed by atoms with Gasteiger partial charge in [-0.25, -0.2) is 0 Å². The minimum atomic E-state index is 0.847. The summed E-state index contributed by atoms with van der Waals surface area (Å²) >= 11 is 0. The van der Waals surface area contributed by atoms with E-state index in [9.17, 15) is 0 Å². The molecule has 0 fully saturated rings.